The van der Waals surface area contributed by atoms with Crippen molar-refractivity contribution in [2.24, 2.45) is 0 Å². The number of para-hydroxylation sites is 3. The maximum absolute atomic E-state index is 6.61. The van der Waals surface area contributed by atoms with E-state index in [1.807, 2.05) is 12.1 Å². The van der Waals surface area contributed by atoms with Crippen LogP contribution in [0.2, 0.25) is 0 Å². The smallest absolute Gasteiger partial charge is 0.233 e. The van der Waals surface area contributed by atoms with Crippen molar-refractivity contribution in [3.05, 3.63) is 170 Å². The molecular weight excluding hydrogens is 673 g/mol. The number of rotatable bonds is 3. The molecular formula is C50H28N4O. The molecule has 5 heterocycles. The second kappa shape index (κ2) is 10.6. The zero-order valence-corrected chi connectivity index (χ0v) is 29.4. The first-order chi connectivity index (χ1) is 27.3. The van der Waals surface area contributed by atoms with Gasteiger partial charge < -0.3 is 8.82 Å². The Morgan fingerprint density at radius 3 is 1.96 bits per heavy atom. The van der Waals surface area contributed by atoms with Gasteiger partial charge >= 0.3 is 0 Å². The van der Waals surface area contributed by atoms with E-state index in [1.165, 1.54) is 65.4 Å². The van der Waals surface area contributed by atoms with Crippen LogP contribution in [0.25, 0.3) is 121 Å². The molecule has 0 saturated heterocycles. The van der Waals surface area contributed by atoms with Gasteiger partial charge in [-0.25, -0.2) is 4.98 Å². The van der Waals surface area contributed by atoms with Crippen molar-refractivity contribution in [1.82, 2.24) is 18.9 Å². The Kier molecular flexibility index (Phi) is 5.57. The van der Waals surface area contributed by atoms with Crippen LogP contribution in [-0.2, 0) is 0 Å². The van der Waals surface area contributed by atoms with E-state index in [0.29, 0.717) is 11.5 Å². The number of aromatic nitrogens is 4. The second-order valence-electron chi connectivity index (χ2n) is 14.6. The fourth-order valence-electron chi connectivity index (χ4n) is 9.26. The van der Waals surface area contributed by atoms with Gasteiger partial charge in [-0.3, -0.25) is 4.57 Å². The molecule has 0 N–H and O–H groups in total. The van der Waals surface area contributed by atoms with Gasteiger partial charge in [0, 0.05) is 43.3 Å². The minimum Gasteiger partial charge on any atom is -0.437 e. The van der Waals surface area contributed by atoms with Crippen LogP contribution < -0.4 is 0 Å². The second-order valence-corrected chi connectivity index (χ2v) is 14.6. The van der Waals surface area contributed by atoms with E-state index in [1.54, 1.807) is 0 Å². The molecule has 13 rings (SSSR count). The molecule has 0 aliphatic heterocycles. The largest absolute Gasteiger partial charge is 0.437 e. The summed E-state index contributed by atoms with van der Waals surface area (Å²) in [4.78, 5) is 10.7. The predicted molar refractivity (Wildman–Crippen MR) is 227 cm³/mol. The molecule has 0 spiro atoms. The Balaban J connectivity index is 1.26. The van der Waals surface area contributed by atoms with E-state index < -0.39 is 0 Å². The summed E-state index contributed by atoms with van der Waals surface area (Å²) in [5.41, 5.74) is 10.5. The van der Waals surface area contributed by atoms with Crippen molar-refractivity contribution in [2.45, 2.75) is 0 Å². The highest BCUT2D eigenvalue weighted by Crippen LogP contribution is 2.48. The minimum atomic E-state index is 0.567. The number of hydrogen-bond acceptors (Lipinski definition) is 3. The van der Waals surface area contributed by atoms with Crippen LogP contribution in [0.4, 0.5) is 0 Å². The molecule has 0 aliphatic carbocycles. The Morgan fingerprint density at radius 2 is 1.09 bits per heavy atom. The summed E-state index contributed by atoms with van der Waals surface area (Å²) in [7, 11) is 0. The lowest BCUT2D eigenvalue weighted by atomic mass is 10.0. The summed E-state index contributed by atoms with van der Waals surface area (Å²) in [6, 6.07) is 60.6. The van der Waals surface area contributed by atoms with Gasteiger partial charge in [-0.2, -0.15) is 4.98 Å². The quantitative estimate of drug-likeness (QED) is 0.184. The summed E-state index contributed by atoms with van der Waals surface area (Å²) in [6.07, 6.45) is 0. The average Bonchev–Trinajstić information content (AvgIpc) is 3.98. The summed E-state index contributed by atoms with van der Waals surface area (Å²) in [5.74, 6) is 1.42. The first kappa shape index (κ1) is 29.0. The third-order valence-electron chi connectivity index (χ3n) is 11.6. The molecule has 5 heteroatoms. The van der Waals surface area contributed by atoms with Crippen molar-refractivity contribution in [3.8, 4) is 28.3 Å². The zero-order chi connectivity index (χ0) is 35.8. The van der Waals surface area contributed by atoms with Crippen molar-refractivity contribution in [1.29, 1.82) is 0 Å². The molecule has 0 unspecified atom stereocenters. The summed E-state index contributed by atoms with van der Waals surface area (Å²) in [6.45, 7) is 0. The van der Waals surface area contributed by atoms with Crippen molar-refractivity contribution >= 4 is 92.7 Å². The molecule has 0 atom stereocenters. The summed E-state index contributed by atoms with van der Waals surface area (Å²) < 4.78 is 11.5. The van der Waals surface area contributed by atoms with E-state index in [-0.39, 0.29) is 0 Å². The molecule has 5 nitrogen and oxygen atoms in total. The molecule has 8 aromatic carbocycles. The molecule has 0 fully saturated rings. The summed E-state index contributed by atoms with van der Waals surface area (Å²) >= 11 is 0. The third kappa shape index (κ3) is 3.86. The van der Waals surface area contributed by atoms with Gasteiger partial charge in [0.1, 0.15) is 5.58 Å². The van der Waals surface area contributed by atoms with Gasteiger partial charge in [0.05, 0.1) is 33.0 Å². The molecule has 5 aromatic heterocycles. The molecule has 0 saturated carbocycles. The van der Waals surface area contributed by atoms with Crippen molar-refractivity contribution in [2.75, 3.05) is 0 Å². The molecule has 13 aromatic rings. The Hall–Kier alpha value is -7.50. The normalized spacial score (nSPS) is 12.4. The lowest BCUT2D eigenvalue weighted by Gasteiger charge is -2.12. The van der Waals surface area contributed by atoms with Crippen LogP contribution in [0.1, 0.15) is 0 Å². The van der Waals surface area contributed by atoms with Gasteiger partial charge in [0.25, 0.3) is 0 Å². The number of furan rings is 1. The third-order valence-corrected chi connectivity index (χ3v) is 11.6. The Morgan fingerprint density at radius 1 is 0.400 bits per heavy atom. The fourth-order valence-corrected chi connectivity index (χ4v) is 9.26. The molecule has 55 heavy (non-hydrogen) atoms. The van der Waals surface area contributed by atoms with Gasteiger partial charge in [-0.1, -0.05) is 127 Å². The van der Waals surface area contributed by atoms with Crippen LogP contribution in [0.5, 0.6) is 0 Å². The highest BCUT2D eigenvalue weighted by Gasteiger charge is 2.27. The first-order valence-corrected chi connectivity index (χ1v) is 18.7. The van der Waals surface area contributed by atoms with Crippen LogP contribution in [0, 0.1) is 0 Å². The topological polar surface area (TPSA) is 48.3 Å². The number of benzene rings is 8. The van der Waals surface area contributed by atoms with E-state index in [4.69, 9.17) is 14.4 Å². The maximum Gasteiger partial charge on any atom is 0.233 e. The monoisotopic (exact) mass is 700 g/mol. The van der Waals surface area contributed by atoms with E-state index in [9.17, 15) is 0 Å². The molecule has 0 amide bonds. The number of hydrogen-bond donors (Lipinski definition) is 0. The SMILES string of the molecule is c1ccc(-c2ccc3c(c2)c2cc4c5ccccc5n5c6ccccc6c(c2n3-c2nc(-c3ccc6ccccc6c3)nc3oc6ccccc6c23)c45)cc1. The van der Waals surface area contributed by atoms with Gasteiger partial charge in [-0.15, -0.1) is 0 Å². The lowest BCUT2D eigenvalue weighted by Crippen LogP contribution is -2.02. The van der Waals surface area contributed by atoms with Crippen LogP contribution in [0.15, 0.2) is 174 Å². The maximum atomic E-state index is 6.61. The Bertz CT molecular complexity index is 3720. The summed E-state index contributed by atoms with van der Waals surface area (Å²) in [5, 5.41) is 11.5. The molecule has 0 bridgehead atoms. The highest BCUT2D eigenvalue weighted by atomic mass is 16.3. The number of fused-ring (bicyclic) bond motifs is 14. The van der Waals surface area contributed by atoms with Crippen molar-refractivity contribution < 1.29 is 4.42 Å². The average molecular weight is 701 g/mol. The highest BCUT2D eigenvalue weighted by molar-refractivity contribution is 6.34. The first-order valence-electron chi connectivity index (χ1n) is 18.7. The lowest BCUT2D eigenvalue weighted by molar-refractivity contribution is 0.653. The zero-order valence-electron chi connectivity index (χ0n) is 29.4. The molecule has 0 radical (unpaired) electrons. The molecule has 254 valence electrons. The van der Waals surface area contributed by atoms with Crippen LogP contribution >= 0.6 is 0 Å². The standard InChI is InChI=1S/C50H28N4O/c1-2-12-29(13-3-1)32-24-25-42-37(27-32)39-28-38-34-16-6-9-19-40(34)53-41-20-10-7-17-35(41)44(46(38)53)47(39)54(42)49-45-36-18-8-11-21-43(36)55-50(45)52-48(51-49)33-23-22-30-14-4-5-15-31(30)26-33/h1-28H. The van der Waals surface area contributed by atoms with Crippen LogP contribution in [-0.4, -0.2) is 18.9 Å². The van der Waals surface area contributed by atoms with Crippen LogP contribution in [0.3, 0.4) is 0 Å². The van der Waals surface area contributed by atoms with Gasteiger partial charge in [-0.05, 0) is 64.4 Å². The van der Waals surface area contributed by atoms with E-state index >= 15 is 0 Å². The minimum absolute atomic E-state index is 0.567. The van der Waals surface area contributed by atoms with Gasteiger partial charge in [0.2, 0.25) is 5.71 Å². The fraction of sp³-hybridized carbons (Fsp3) is 0. The van der Waals surface area contributed by atoms with Gasteiger partial charge in [0.15, 0.2) is 11.6 Å². The van der Waals surface area contributed by atoms with Crippen molar-refractivity contribution in [3.63, 3.8) is 0 Å². The predicted octanol–water partition coefficient (Wildman–Crippen LogP) is 13.1. The van der Waals surface area contributed by atoms with E-state index in [0.717, 1.165) is 44.2 Å². The Labute approximate surface area is 313 Å². The molecule has 0 aliphatic rings. The number of nitrogens with zero attached hydrogens (tertiary/aromatic N) is 4. The van der Waals surface area contributed by atoms with E-state index in [2.05, 4.69) is 167 Å².